The molecule has 0 unspecified atom stereocenters. The van der Waals surface area contributed by atoms with Crippen LogP contribution in [0.1, 0.15) is 42.5 Å². The molecule has 1 aliphatic carbocycles. The summed E-state index contributed by atoms with van der Waals surface area (Å²) < 4.78 is 32.7. The molecule has 0 heterocycles. The minimum absolute atomic E-state index is 0.104. The van der Waals surface area contributed by atoms with E-state index in [1.165, 1.54) is 19.2 Å². The first-order valence-electron chi connectivity index (χ1n) is 9.05. The number of hydrogen-bond acceptors (Lipinski definition) is 3. The summed E-state index contributed by atoms with van der Waals surface area (Å²) in [6.45, 7) is -0.104. The lowest BCUT2D eigenvalue weighted by Crippen LogP contribution is -2.52. The van der Waals surface area contributed by atoms with Crippen molar-refractivity contribution >= 4 is 5.91 Å². The number of aliphatic hydroxyl groups is 1. The maximum Gasteiger partial charge on any atom is 0.251 e. The van der Waals surface area contributed by atoms with Crippen molar-refractivity contribution in [3.63, 3.8) is 0 Å². The number of halogens is 2. The molecule has 0 radical (unpaired) electrons. The van der Waals surface area contributed by atoms with E-state index in [1.807, 2.05) is 0 Å². The van der Waals surface area contributed by atoms with E-state index in [1.54, 1.807) is 24.3 Å². The molecule has 1 fully saturated rings. The van der Waals surface area contributed by atoms with Gasteiger partial charge in [-0.05, 0) is 48.2 Å². The van der Waals surface area contributed by atoms with Crippen LogP contribution in [0.15, 0.2) is 36.4 Å². The van der Waals surface area contributed by atoms with Crippen molar-refractivity contribution < 1.29 is 23.4 Å². The summed E-state index contributed by atoms with van der Waals surface area (Å²) in [5, 5.41) is 12.7. The Labute approximate surface area is 157 Å². The predicted molar refractivity (Wildman–Crippen MR) is 98.7 cm³/mol. The van der Waals surface area contributed by atoms with Crippen molar-refractivity contribution in [2.45, 2.75) is 37.6 Å². The summed E-state index contributed by atoms with van der Waals surface area (Å²) in [7, 11) is 1.20. The van der Waals surface area contributed by atoms with Gasteiger partial charge >= 0.3 is 0 Å². The molecule has 3 rings (SSSR count). The van der Waals surface area contributed by atoms with Gasteiger partial charge in [0.2, 0.25) is 0 Å². The summed E-state index contributed by atoms with van der Waals surface area (Å²) in [6.07, 6.45) is 4.51. The number of aliphatic hydroxyl groups excluding tert-OH is 1. The van der Waals surface area contributed by atoms with Crippen LogP contribution in [-0.4, -0.2) is 30.3 Å². The fourth-order valence-electron chi connectivity index (χ4n) is 3.63. The molecule has 1 saturated carbocycles. The Hall–Kier alpha value is -2.47. The highest BCUT2D eigenvalue weighted by molar-refractivity contribution is 5.96. The number of benzene rings is 2. The molecule has 27 heavy (non-hydrogen) atoms. The fraction of sp³-hybridized carbons (Fsp3) is 0.381. The first-order valence-corrected chi connectivity index (χ1v) is 9.05. The van der Waals surface area contributed by atoms with Crippen molar-refractivity contribution in [1.29, 1.82) is 0 Å². The lowest BCUT2D eigenvalue weighted by atomic mass is 9.82. The van der Waals surface area contributed by atoms with Gasteiger partial charge in [-0.15, -0.1) is 0 Å². The Morgan fingerprint density at radius 1 is 1.11 bits per heavy atom. The Kier molecular flexibility index (Phi) is 5.75. The zero-order chi connectivity index (χ0) is 19.4. The Morgan fingerprint density at radius 3 is 2.37 bits per heavy atom. The molecule has 0 saturated heterocycles. The molecule has 6 heteroatoms. The van der Waals surface area contributed by atoms with Crippen LogP contribution in [0.5, 0.6) is 5.75 Å². The smallest absolute Gasteiger partial charge is 0.251 e. The zero-order valence-corrected chi connectivity index (χ0v) is 15.2. The van der Waals surface area contributed by atoms with Gasteiger partial charge in [-0.25, -0.2) is 8.78 Å². The van der Waals surface area contributed by atoms with E-state index in [2.05, 4.69) is 5.32 Å². The van der Waals surface area contributed by atoms with Gasteiger partial charge in [-0.1, -0.05) is 31.4 Å². The zero-order valence-electron chi connectivity index (χ0n) is 15.2. The molecule has 4 nitrogen and oxygen atoms in total. The van der Waals surface area contributed by atoms with Gasteiger partial charge < -0.3 is 15.2 Å². The van der Waals surface area contributed by atoms with E-state index < -0.39 is 22.9 Å². The van der Waals surface area contributed by atoms with E-state index in [0.29, 0.717) is 16.7 Å². The van der Waals surface area contributed by atoms with E-state index in [4.69, 9.17) is 4.74 Å². The Balaban J connectivity index is 1.86. The fourth-order valence-corrected chi connectivity index (χ4v) is 3.63. The molecule has 2 N–H and O–H groups in total. The van der Waals surface area contributed by atoms with Gasteiger partial charge in [0.1, 0.15) is 0 Å². The third-order valence-electron chi connectivity index (χ3n) is 5.15. The second-order valence-electron chi connectivity index (χ2n) is 7.01. The van der Waals surface area contributed by atoms with E-state index in [-0.39, 0.29) is 12.5 Å². The van der Waals surface area contributed by atoms with Crippen molar-refractivity contribution in [2.24, 2.45) is 0 Å². The standard InChI is InChI=1S/C21H23F2NO3/c1-27-19-17(22)11-16(12-18(19)23)14-6-5-7-15(10-14)20(26)24-21(13-25)8-3-2-4-9-21/h5-7,10-12,25H,2-4,8-9,13H2,1H3,(H,24,26). The summed E-state index contributed by atoms with van der Waals surface area (Å²) in [5.41, 5.74) is 0.617. The van der Waals surface area contributed by atoms with E-state index >= 15 is 0 Å². The largest absolute Gasteiger partial charge is 0.491 e. The number of hydrogen-bond donors (Lipinski definition) is 2. The maximum atomic E-state index is 14.0. The molecular formula is C21H23F2NO3. The van der Waals surface area contributed by atoms with Crippen LogP contribution in [0, 0.1) is 11.6 Å². The number of rotatable bonds is 5. The van der Waals surface area contributed by atoms with Gasteiger partial charge in [-0.2, -0.15) is 0 Å². The highest BCUT2D eigenvalue weighted by atomic mass is 19.1. The first-order chi connectivity index (χ1) is 13.0. The number of nitrogens with one attached hydrogen (secondary N) is 1. The minimum atomic E-state index is -0.802. The van der Waals surface area contributed by atoms with Crippen LogP contribution in [0.2, 0.25) is 0 Å². The molecule has 1 amide bonds. The van der Waals surface area contributed by atoms with Crippen molar-refractivity contribution in [2.75, 3.05) is 13.7 Å². The predicted octanol–water partition coefficient (Wildman–Crippen LogP) is 4.07. The van der Waals surface area contributed by atoms with Crippen molar-refractivity contribution in [1.82, 2.24) is 5.32 Å². The number of amides is 1. The van der Waals surface area contributed by atoms with Gasteiger partial charge in [0, 0.05) is 5.56 Å². The third kappa shape index (κ3) is 4.11. The van der Waals surface area contributed by atoms with Crippen LogP contribution in [0.3, 0.4) is 0 Å². The van der Waals surface area contributed by atoms with Crippen LogP contribution >= 0.6 is 0 Å². The average molecular weight is 375 g/mol. The van der Waals surface area contributed by atoms with Crippen LogP contribution in [-0.2, 0) is 0 Å². The molecule has 0 atom stereocenters. The van der Waals surface area contributed by atoms with Crippen molar-refractivity contribution in [3.8, 4) is 16.9 Å². The third-order valence-corrected chi connectivity index (χ3v) is 5.15. The molecule has 0 spiro atoms. The number of ether oxygens (including phenoxy) is 1. The molecule has 0 aliphatic heterocycles. The van der Waals surface area contributed by atoms with Gasteiger partial charge in [0.25, 0.3) is 5.91 Å². The maximum absolute atomic E-state index is 14.0. The lowest BCUT2D eigenvalue weighted by Gasteiger charge is -2.36. The summed E-state index contributed by atoms with van der Waals surface area (Å²) in [4.78, 5) is 12.7. The van der Waals surface area contributed by atoms with E-state index in [0.717, 1.165) is 32.1 Å². The van der Waals surface area contributed by atoms with Gasteiger partial charge in [0.05, 0.1) is 19.3 Å². The van der Waals surface area contributed by atoms with Gasteiger partial charge in [0.15, 0.2) is 17.4 Å². The Morgan fingerprint density at radius 2 is 1.78 bits per heavy atom. The normalized spacial score (nSPS) is 16.0. The SMILES string of the molecule is COc1c(F)cc(-c2cccc(C(=O)NC3(CO)CCCCC3)c2)cc1F. The second kappa shape index (κ2) is 8.05. The minimum Gasteiger partial charge on any atom is -0.491 e. The lowest BCUT2D eigenvalue weighted by molar-refractivity contribution is 0.0758. The highest BCUT2D eigenvalue weighted by Gasteiger charge is 2.33. The number of carbonyl (C=O) groups is 1. The molecule has 2 aromatic rings. The van der Waals surface area contributed by atoms with Crippen LogP contribution in [0.4, 0.5) is 8.78 Å². The highest BCUT2D eigenvalue weighted by Crippen LogP contribution is 2.30. The average Bonchev–Trinajstić information content (AvgIpc) is 2.68. The number of carbonyl (C=O) groups excluding carboxylic acids is 1. The Bertz CT molecular complexity index is 809. The molecule has 0 bridgehead atoms. The van der Waals surface area contributed by atoms with Crippen LogP contribution in [0.25, 0.3) is 11.1 Å². The van der Waals surface area contributed by atoms with E-state index in [9.17, 15) is 18.7 Å². The summed E-state index contributed by atoms with van der Waals surface area (Å²) in [5.74, 6) is -2.34. The first kappa shape index (κ1) is 19.3. The summed E-state index contributed by atoms with van der Waals surface area (Å²) in [6, 6.07) is 8.92. The molecule has 1 aliphatic rings. The number of methoxy groups -OCH3 is 1. The molecular weight excluding hydrogens is 352 g/mol. The molecule has 0 aromatic heterocycles. The quantitative estimate of drug-likeness (QED) is 0.828. The van der Waals surface area contributed by atoms with Gasteiger partial charge in [-0.3, -0.25) is 4.79 Å². The topological polar surface area (TPSA) is 58.6 Å². The molecule has 2 aromatic carbocycles. The monoisotopic (exact) mass is 375 g/mol. The summed E-state index contributed by atoms with van der Waals surface area (Å²) >= 11 is 0. The second-order valence-corrected chi connectivity index (χ2v) is 7.01. The van der Waals surface area contributed by atoms with Crippen LogP contribution < -0.4 is 10.1 Å². The van der Waals surface area contributed by atoms with Crippen molar-refractivity contribution in [3.05, 3.63) is 53.6 Å². The molecule has 144 valence electrons.